The van der Waals surface area contributed by atoms with Crippen molar-refractivity contribution in [1.82, 2.24) is 10.3 Å². The Bertz CT molecular complexity index is 785. The Hall–Kier alpha value is -2.25. The number of nitrogens with zero attached hydrogens (tertiary/aromatic N) is 1. The fourth-order valence-electron chi connectivity index (χ4n) is 2.13. The number of ketones is 1. The minimum Gasteiger partial charge on any atom is -0.354 e. The number of carbonyl (C=O) groups is 3. The van der Waals surface area contributed by atoms with Gasteiger partial charge < -0.3 is 10.6 Å². The van der Waals surface area contributed by atoms with Crippen LogP contribution in [0, 0.1) is 0 Å². The van der Waals surface area contributed by atoms with Crippen LogP contribution in [-0.2, 0) is 9.59 Å². The largest absolute Gasteiger partial charge is 0.354 e. The third-order valence-electron chi connectivity index (χ3n) is 3.25. The van der Waals surface area contributed by atoms with Gasteiger partial charge in [-0.3, -0.25) is 14.4 Å². The molecule has 8 heteroatoms. The maximum Gasteiger partial charge on any atom is 0.239 e. The van der Waals surface area contributed by atoms with Gasteiger partial charge in [-0.15, -0.1) is 11.3 Å². The number of amides is 2. The highest BCUT2D eigenvalue weighted by molar-refractivity contribution is 7.12. The molecule has 0 spiro atoms. The van der Waals surface area contributed by atoms with Crippen molar-refractivity contribution in [2.75, 3.05) is 5.32 Å². The standard InChI is InChI=1S/C12H7ClN2O2S.C5H11NO/c13-9-4-6-7(5-14-9)15-12(17)10(6)11(16)8-2-1-3-18-8;1-5(2,3)6-4-7/h1-5,10H,(H,15,17);4H,1-3H3,(H,6,7). The lowest BCUT2D eigenvalue weighted by atomic mass is 9.96. The molecule has 3 heterocycles. The number of aromatic nitrogens is 1. The number of hydrogen-bond acceptors (Lipinski definition) is 5. The average Bonchev–Trinajstić information content (AvgIpc) is 3.13. The highest BCUT2D eigenvalue weighted by atomic mass is 35.5. The highest BCUT2D eigenvalue weighted by Gasteiger charge is 2.37. The summed E-state index contributed by atoms with van der Waals surface area (Å²) < 4.78 is 0. The van der Waals surface area contributed by atoms with E-state index in [4.69, 9.17) is 11.6 Å². The molecule has 2 N–H and O–H groups in total. The van der Waals surface area contributed by atoms with Crippen LogP contribution in [-0.4, -0.2) is 28.6 Å². The predicted octanol–water partition coefficient (Wildman–Crippen LogP) is 3.25. The molecule has 1 unspecified atom stereocenters. The number of Topliss-reactive ketones (excluding diaryl/α,β-unsaturated/α-hetero) is 1. The molecule has 1 atom stereocenters. The minimum absolute atomic E-state index is 0.0677. The Morgan fingerprint density at radius 3 is 2.68 bits per heavy atom. The van der Waals surface area contributed by atoms with E-state index in [2.05, 4.69) is 15.6 Å². The quantitative estimate of drug-likeness (QED) is 0.371. The summed E-state index contributed by atoms with van der Waals surface area (Å²) in [6, 6.07) is 5.05. The van der Waals surface area contributed by atoms with Crippen LogP contribution < -0.4 is 10.6 Å². The van der Waals surface area contributed by atoms with Gasteiger partial charge in [-0.25, -0.2) is 4.98 Å². The van der Waals surface area contributed by atoms with Crippen LogP contribution in [0.25, 0.3) is 0 Å². The molecule has 0 bridgehead atoms. The van der Waals surface area contributed by atoms with Crippen LogP contribution in [0.5, 0.6) is 0 Å². The number of rotatable bonds is 3. The molecule has 0 aliphatic carbocycles. The Morgan fingerprint density at radius 2 is 2.16 bits per heavy atom. The fraction of sp³-hybridized carbons (Fsp3) is 0.294. The summed E-state index contributed by atoms with van der Waals surface area (Å²) in [6.07, 6.45) is 2.18. The SMILES string of the molecule is CC(C)(C)NC=O.O=C1Nc2cnc(Cl)cc2C1C(=O)c1cccs1. The van der Waals surface area contributed by atoms with E-state index < -0.39 is 5.92 Å². The van der Waals surface area contributed by atoms with E-state index >= 15 is 0 Å². The molecule has 0 fully saturated rings. The van der Waals surface area contributed by atoms with Gasteiger partial charge >= 0.3 is 0 Å². The number of nitrogens with one attached hydrogen (secondary N) is 2. The zero-order valence-electron chi connectivity index (χ0n) is 14.0. The third-order valence-corrected chi connectivity index (χ3v) is 4.34. The monoisotopic (exact) mass is 379 g/mol. The van der Waals surface area contributed by atoms with Crippen LogP contribution in [0.1, 0.15) is 41.9 Å². The van der Waals surface area contributed by atoms with Crippen molar-refractivity contribution in [3.05, 3.63) is 45.4 Å². The van der Waals surface area contributed by atoms with Gasteiger partial charge in [0.05, 0.1) is 16.8 Å². The summed E-state index contributed by atoms with van der Waals surface area (Å²) in [7, 11) is 0. The van der Waals surface area contributed by atoms with E-state index in [1.54, 1.807) is 23.6 Å². The number of halogens is 1. The van der Waals surface area contributed by atoms with E-state index in [0.717, 1.165) is 0 Å². The first-order valence-electron chi connectivity index (χ1n) is 7.48. The van der Waals surface area contributed by atoms with Crippen LogP contribution in [0.15, 0.2) is 29.8 Å². The molecule has 0 saturated heterocycles. The first-order valence-corrected chi connectivity index (χ1v) is 8.74. The van der Waals surface area contributed by atoms with Gasteiger partial charge in [0.2, 0.25) is 12.3 Å². The normalized spacial score (nSPS) is 15.5. The van der Waals surface area contributed by atoms with Crippen molar-refractivity contribution in [2.45, 2.75) is 32.2 Å². The molecule has 6 nitrogen and oxygen atoms in total. The summed E-state index contributed by atoms with van der Waals surface area (Å²) in [6.45, 7) is 5.80. The molecule has 2 amide bonds. The molecular formula is C17H18ClN3O3S. The van der Waals surface area contributed by atoms with Gasteiger partial charge in [-0.2, -0.15) is 0 Å². The molecule has 1 aliphatic heterocycles. The summed E-state index contributed by atoms with van der Waals surface area (Å²) in [5.74, 6) is -1.35. The second kappa shape index (κ2) is 7.76. The van der Waals surface area contributed by atoms with Gasteiger partial charge in [0.15, 0.2) is 5.78 Å². The van der Waals surface area contributed by atoms with Gasteiger partial charge in [-0.1, -0.05) is 17.7 Å². The molecule has 2 aromatic rings. The van der Waals surface area contributed by atoms with Gasteiger partial charge in [0, 0.05) is 11.1 Å². The Kier molecular flexibility index (Phi) is 5.92. The van der Waals surface area contributed by atoms with Gasteiger partial charge in [0.1, 0.15) is 11.1 Å². The molecule has 25 heavy (non-hydrogen) atoms. The first kappa shape index (κ1) is 19.1. The van der Waals surface area contributed by atoms with Gasteiger partial charge in [0.25, 0.3) is 0 Å². The van der Waals surface area contributed by atoms with Crippen molar-refractivity contribution in [1.29, 1.82) is 0 Å². The molecule has 132 valence electrons. The van der Waals surface area contributed by atoms with Gasteiger partial charge in [-0.05, 0) is 38.3 Å². The summed E-state index contributed by atoms with van der Waals surface area (Å²) in [4.78, 5) is 38.3. The number of fused-ring (bicyclic) bond motifs is 1. The lowest BCUT2D eigenvalue weighted by Gasteiger charge is -2.15. The zero-order valence-corrected chi connectivity index (χ0v) is 15.6. The minimum atomic E-state index is -0.820. The zero-order chi connectivity index (χ0) is 18.6. The van der Waals surface area contributed by atoms with Crippen LogP contribution in [0.4, 0.5) is 5.69 Å². The summed E-state index contributed by atoms with van der Waals surface area (Å²) in [5, 5.41) is 7.32. The van der Waals surface area contributed by atoms with Crippen molar-refractivity contribution in [3.8, 4) is 0 Å². The molecule has 0 saturated carbocycles. The number of anilines is 1. The molecule has 0 radical (unpaired) electrons. The van der Waals surface area contributed by atoms with Crippen LogP contribution in [0.2, 0.25) is 5.15 Å². The maximum absolute atomic E-state index is 12.3. The number of carbonyl (C=O) groups excluding carboxylic acids is 3. The lowest BCUT2D eigenvalue weighted by molar-refractivity contribution is -0.116. The van der Waals surface area contributed by atoms with Crippen LogP contribution in [0.3, 0.4) is 0 Å². The van der Waals surface area contributed by atoms with Crippen molar-refractivity contribution >= 4 is 46.7 Å². The smallest absolute Gasteiger partial charge is 0.239 e. The number of pyridine rings is 1. The Morgan fingerprint density at radius 1 is 1.44 bits per heavy atom. The van der Waals surface area contributed by atoms with E-state index in [-0.39, 0.29) is 22.4 Å². The van der Waals surface area contributed by atoms with E-state index in [1.807, 2.05) is 20.8 Å². The average molecular weight is 380 g/mol. The number of hydrogen-bond donors (Lipinski definition) is 2. The van der Waals surface area contributed by atoms with E-state index in [9.17, 15) is 14.4 Å². The molecular weight excluding hydrogens is 362 g/mol. The van der Waals surface area contributed by atoms with Crippen molar-refractivity contribution in [3.63, 3.8) is 0 Å². The van der Waals surface area contributed by atoms with Crippen molar-refractivity contribution < 1.29 is 14.4 Å². The van der Waals surface area contributed by atoms with Crippen molar-refractivity contribution in [2.24, 2.45) is 0 Å². The van der Waals surface area contributed by atoms with E-state index in [1.165, 1.54) is 17.5 Å². The summed E-state index contributed by atoms with van der Waals surface area (Å²) >= 11 is 7.13. The summed E-state index contributed by atoms with van der Waals surface area (Å²) in [5.41, 5.74) is 1.08. The highest BCUT2D eigenvalue weighted by Crippen LogP contribution is 2.36. The second-order valence-electron chi connectivity index (χ2n) is 6.37. The lowest BCUT2D eigenvalue weighted by Crippen LogP contribution is -2.34. The van der Waals surface area contributed by atoms with E-state index in [0.29, 0.717) is 22.5 Å². The Labute approximate surface area is 154 Å². The maximum atomic E-state index is 12.3. The molecule has 0 aromatic carbocycles. The number of thiophene rings is 1. The molecule has 2 aromatic heterocycles. The topological polar surface area (TPSA) is 88.2 Å². The molecule has 1 aliphatic rings. The first-order chi connectivity index (χ1) is 11.7. The van der Waals surface area contributed by atoms with Crippen LogP contribution >= 0.6 is 22.9 Å². The predicted molar refractivity (Wildman–Crippen MR) is 98.2 cm³/mol. The second-order valence-corrected chi connectivity index (χ2v) is 7.71. The molecule has 3 rings (SSSR count). The fourth-order valence-corrected chi connectivity index (χ4v) is 2.99. The Balaban J connectivity index is 0.000000277. The third kappa shape index (κ3) is 4.87.